The minimum absolute atomic E-state index is 0.0277. The van der Waals surface area contributed by atoms with Gasteiger partial charge in [-0.2, -0.15) is 0 Å². The largest absolute Gasteiger partial charge is 0.370 e. The Labute approximate surface area is 151 Å². The van der Waals surface area contributed by atoms with Crippen molar-refractivity contribution in [1.82, 2.24) is 5.32 Å². The van der Waals surface area contributed by atoms with Crippen molar-refractivity contribution in [1.29, 1.82) is 0 Å². The van der Waals surface area contributed by atoms with Crippen LogP contribution in [-0.2, 0) is 4.74 Å². The van der Waals surface area contributed by atoms with E-state index in [0.29, 0.717) is 10.6 Å². The van der Waals surface area contributed by atoms with Crippen LogP contribution < -0.4 is 10.2 Å². The van der Waals surface area contributed by atoms with E-state index in [2.05, 4.69) is 29.8 Å². The Kier molecular flexibility index (Phi) is 5.89. The molecule has 2 heterocycles. The first kappa shape index (κ1) is 17.4. The zero-order valence-corrected chi connectivity index (χ0v) is 15.2. The number of halogens is 1. The number of quaternary nitrogens is 1. The second-order valence-electron chi connectivity index (χ2n) is 6.03. The molecule has 0 radical (unpaired) electrons. The van der Waals surface area contributed by atoms with Gasteiger partial charge >= 0.3 is 0 Å². The lowest BCUT2D eigenvalue weighted by Gasteiger charge is -2.34. The first-order valence-electron chi connectivity index (χ1n) is 8.17. The summed E-state index contributed by atoms with van der Waals surface area (Å²) in [6.07, 6.45) is 0. The number of morpholine rings is 1. The molecule has 1 aliphatic rings. The Morgan fingerprint density at radius 2 is 1.96 bits per heavy atom. The molecule has 1 fully saturated rings. The summed E-state index contributed by atoms with van der Waals surface area (Å²) in [5, 5.41) is 5.89. The van der Waals surface area contributed by atoms with Crippen molar-refractivity contribution in [3.05, 3.63) is 57.2 Å². The molecule has 0 aliphatic carbocycles. The molecule has 2 atom stereocenters. The number of hydrogen-bond donors (Lipinski definition) is 2. The minimum Gasteiger partial charge on any atom is -0.370 e. The van der Waals surface area contributed by atoms with Crippen LogP contribution in [-0.4, -0.2) is 38.3 Å². The van der Waals surface area contributed by atoms with Gasteiger partial charge in [0.2, 0.25) is 0 Å². The number of thiophene rings is 1. The number of benzene rings is 1. The summed E-state index contributed by atoms with van der Waals surface area (Å²) in [6.45, 7) is 5.55. The summed E-state index contributed by atoms with van der Waals surface area (Å²) >= 11 is 7.64. The number of nitrogens with one attached hydrogen (secondary N) is 2. The number of carbonyl (C=O) groups excluding carboxylic acids is 1. The number of ether oxygens (including phenoxy) is 1. The fraction of sp³-hybridized carbons (Fsp3) is 0.389. The molecule has 1 amide bonds. The van der Waals surface area contributed by atoms with E-state index in [-0.39, 0.29) is 18.0 Å². The zero-order valence-electron chi connectivity index (χ0n) is 13.6. The standard InChI is InChI=1S/C18H21ClN2O2S/c1-13(20-18(22)14-4-6-15(19)7-5-14)17(16-3-2-12-24-16)21-8-10-23-11-9-21/h2-7,12-13,17H,8-11H2,1H3,(H,20,22)/p+1/t13-,17+/m1/s1. The summed E-state index contributed by atoms with van der Waals surface area (Å²) in [4.78, 5) is 15.3. The number of rotatable bonds is 5. The molecule has 0 saturated carbocycles. The first-order chi connectivity index (χ1) is 11.6. The summed E-state index contributed by atoms with van der Waals surface area (Å²) in [5.41, 5.74) is 0.633. The van der Waals surface area contributed by atoms with E-state index in [9.17, 15) is 4.79 Å². The molecule has 0 unspecified atom stereocenters. The molecule has 1 aromatic heterocycles. The first-order valence-corrected chi connectivity index (χ1v) is 9.43. The fourth-order valence-electron chi connectivity index (χ4n) is 3.19. The highest BCUT2D eigenvalue weighted by atomic mass is 35.5. The predicted octanol–water partition coefficient (Wildman–Crippen LogP) is 2.18. The van der Waals surface area contributed by atoms with Crippen LogP contribution in [0.1, 0.15) is 28.2 Å². The van der Waals surface area contributed by atoms with Crippen molar-refractivity contribution in [2.45, 2.75) is 19.0 Å². The topological polar surface area (TPSA) is 42.8 Å². The molecule has 24 heavy (non-hydrogen) atoms. The third-order valence-electron chi connectivity index (χ3n) is 4.39. The predicted molar refractivity (Wildman–Crippen MR) is 97.0 cm³/mol. The lowest BCUT2D eigenvalue weighted by Crippen LogP contribution is -3.15. The third kappa shape index (κ3) is 4.16. The molecule has 2 aromatic rings. The lowest BCUT2D eigenvalue weighted by molar-refractivity contribution is -0.939. The fourth-order valence-corrected chi connectivity index (χ4v) is 4.30. The maximum absolute atomic E-state index is 12.5. The second-order valence-corrected chi connectivity index (χ2v) is 7.45. The normalized spacial score (nSPS) is 18.1. The molecular weight excluding hydrogens is 344 g/mol. The van der Waals surface area contributed by atoms with Crippen LogP contribution in [0, 0.1) is 0 Å². The highest BCUT2D eigenvalue weighted by molar-refractivity contribution is 7.10. The molecule has 0 bridgehead atoms. The van der Waals surface area contributed by atoms with Crippen molar-refractivity contribution in [2.75, 3.05) is 26.3 Å². The number of hydrogen-bond acceptors (Lipinski definition) is 3. The quantitative estimate of drug-likeness (QED) is 0.852. The van der Waals surface area contributed by atoms with E-state index >= 15 is 0 Å². The molecule has 4 nitrogen and oxygen atoms in total. The molecular formula is C18H22ClN2O2S+. The number of amides is 1. The van der Waals surface area contributed by atoms with Gasteiger partial charge in [-0.1, -0.05) is 17.7 Å². The molecule has 1 aliphatic heterocycles. The van der Waals surface area contributed by atoms with Crippen molar-refractivity contribution < 1.29 is 14.4 Å². The highest BCUT2D eigenvalue weighted by Gasteiger charge is 2.33. The smallest absolute Gasteiger partial charge is 0.251 e. The summed E-state index contributed by atoms with van der Waals surface area (Å²) in [7, 11) is 0. The van der Waals surface area contributed by atoms with E-state index < -0.39 is 0 Å². The average molecular weight is 366 g/mol. The Morgan fingerprint density at radius 3 is 2.58 bits per heavy atom. The molecule has 6 heteroatoms. The van der Waals surface area contributed by atoms with Gasteiger partial charge in [0.05, 0.1) is 24.1 Å². The number of carbonyl (C=O) groups is 1. The van der Waals surface area contributed by atoms with Gasteiger partial charge in [0.1, 0.15) is 19.1 Å². The SMILES string of the molecule is C[C@@H](NC(=O)c1ccc(Cl)cc1)[C@@H](c1cccs1)[NH+]1CCOCC1. The molecule has 1 saturated heterocycles. The Morgan fingerprint density at radius 1 is 1.25 bits per heavy atom. The maximum Gasteiger partial charge on any atom is 0.251 e. The van der Waals surface area contributed by atoms with Gasteiger partial charge in [-0.05, 0) is 42.6 Å². The van der Waals surface area contributed by atoms with Gasteiger partial charge in [-0.15, -0.1) is 11.3 Å². The van der Waals surface area contributed by atoms with Crippen molar-refractivity contribution in [3.63, 3.8) is 0 Å². The molecule has 3 rings (SSSR count). The zero-order chi connectivity index (χ0) is 16.9. The monoisotopic (exact) mass is 365 g/mol. The van der Waals surface area contributed by atoms with Gasteiger partial charge in [-0.25, -0.2) is 0 Å². The van der Waals surface area contributed by atoms with Crippen molar-refractivity contribution in [3.8, 4) is 0 Å². The van der Waals surface area contributed by atoms with Gasteiger partial charge in [0, 0.05) is 10.6 Å². The highest BCUT2D eigenvalue weighted by Crippen LogP contribution is 2.20. The summed E-state index contributed by atoms with van der Waals surface area (Å²) in [5.74, 6) is -0.0617. The Balaban J connectivity index is 1.74. The van der Waals surface area contributed by atoms with Crippen LogP contribution in [0.15, 0.2) is 41.8 Å². The van der Waals surface area contributed by atoms with Crippen LogP contribution in [0.3, 0.4) is 0 Å². The van der Waals surface area contributed by atoms with Gasteiger partial charge in [0.15, 0.2) is 0 Å². The minimum atomic E-state index is -0.0617. The van der Waals surface area contributed by atoms with E-state index in [1.165, 1.54) is 9.78 Å². The van der Waals surface area contributed by atoms with Crippen LogP contribution in [0.4, 0.5) is 0 Å². The Bertz CT molecular complexity index is 654. The summed E-state index contributed by atoms with van der Waals surface area (Å²) < 4.78 is 5.49. The lowest BCUT2D eigenvalue weighted by atomic mass is 10.0. The Hall–Kier alpha value is -1.40. The molecule has 128 valence electrons. The van der Waals surface area contributed by atoms with Gasteiger partial charge < -0.3 is 15.0 Å². The van der Waals surface area contributed by atoms with E-state index in [4.69, 9.17) is 16.3 Å². The van der Waals surface area contributed by atoms with Gasteiger partial charge in [0.25, 0.3) is 5.91 Å². The van der Waals surface area contributed by atoms with Gasteiger partial charge in [-0.3, -0.25) is 4.79 Å². The van der Waals surface area contributed by atoms with E-state index in [1.54, 1.807) is 35.6 Å². The molecule has 2 N–H and O–H groups in total. The third-order valence-corrected chi connectivity index (χ3v) is 5.60. The van der Waals surface area contributed by atoms with Crippen LogP contribution >= 0.6 is 22.9 Å². The molecule has 1 aromatic carbocycles. The van der Waals surface area contributed by atoms with E-state index in [1.807, 2.05) is 0 Å². The van der Waals surface area contributed by atoms with E-state index in [0.717, 1.165) is 26.3 Å². The van der Waals surface area contributed by atoms with Crippen molar-refractivity contribution >= 4 is 28.8 Å². The maximum atomic E-state index is 12.5. The average Bonchev–Trinajstić information content (AvgIpc) is 3.10. The molecule has 0 spiro atoms. The van der Waals surface area contributed by atoms with Crippen LogP contribution in [0.25, 0.3) is 0 Å². The van der Waals surface area contributed by atoms with Crippen molar-refractivity contribution in [2.24, 2.45) is 0 Å². The van der Waals surface area contributed by atoms with Crippen LogP contribution in [0.2, 0.25) is 5.02 Å². The summed E-state index contributed by atoms with van der Waals surface area (Å²) in [6, 6.07) is 11.5. The second kappa shape index (κ2) is 8.12. The van der Waals surface area contributed by atoms with Crippen LogP contribution in [0.5, 0.6) is 0 Å².